The summed E-state index contributed by atoms with van der Waals surface area (Å²) in [6.07, 6.45) is 7.31. The van der Waals surface area contributed by atoms with Gasteiger partial charge in [0.15, 0.2) is 0 Å². The summed E-state index contributed by atoms with van der Waals surface area (Å²) in [5.74, 6) is 0.0455. The molecule has 0 radical (unpaired) electrons. The van der Waals surface area contributed by atoms with E-state index < -0.39 is 12.0 Å². The number of carboxylic acid groups (broad SMARTS) is 1. The summed E-state index contributed by atoms with van der Waals surface area (Å²) in [5, 5.41) is 17.1. The second kappa shape index (κ2) is 10.3. The van der Waals surface area contributed by atoms with E-state index in [0.29, 0.717) is 30.0 Å². The van der Waals surface area contributed by atoms with Gasteiger partial charge in [-0.3, -0.25) is 14.3 Å². The highest BCUT2D eigenvalue weighted by molar-refractivity contribution is 5.94. The van der Waals surface area contributed by atoms with Crippen LogP contribution in [0, 0.1) is 0 Å². The fraction of sp³-hybridized carbons (Fsp3) is 0.375. The van der Waals surface area contributed by atoms with Gasteiger partial charge in [-0.15, -0.1) is 0 Å². The van der Waals surface area contributed by atoms with Crippen LogP contribution < -0.4 is 10.1 Å². The van der Waals surface area contributed by atoms with Crippen molar-refractivity contribution in [2.45, 2.75) is 38.3 Å². The van der Waals surface area contributed by atoms with Crippen LogP contribution in [0.5, 0.6) is 5.88 Å². The number of pyridine rings is 2. The number of fused-ring (bicyclic) bond motifs is 1. The Bertz CT molecular complexity index is 1160. The maximum atomic E-state index is 13.1. The van der Waals surface area contributed by atoms with Crippen molar-refractivity contribution in [1.29, 1.82) is 0 Å². The molecule has 0 aliphatic carbocycles. The van der Waals surface area contributed by atoms with E-state index >= 15 is 0 Å². The van der Waals surface area contributed by atoms with Gasteiger partial charge in [0.25, 0.3) is 5.91 Å². The number of nitrogens with zero attached hydrogens (tertiary/aromatic N) is 5. The zero-order chi connectivity index (χ0) is 24.1. The smallest absolute Gasteiger partial charge is 0.305 e. The lowest BCUT2D eigenvalue weighted by Crippen LogP contribution is -2.32. The number of carbonyl (C=O) groups is 2. The van der Waals surface area contributed by atoms with Gasteiger partial charge >= 0.3 is 5.97 Å². The maximum Gasteiger partial charge on any atom is 0.305 e. The summed E-state index contributed by atoms with van der Waals surface area (Å²) in [6, 6.07) is 6.83. The van der Waals surface area contributed by atoms with Crippen LogP contribution in [0.2, 0.25) is 0 Å². The van der Waals surface area contributed by atoms with Gasteiger partial charge in [0.1, 0.15) is 5.82 Å². The van der Waals surface area contributed by atoms with Gasteiger partial charge in [-0.1, -0.05) is 12.1 Å². The number of aliphatic carboxylic acids is 1. The quantitative estimate of drug-likeness (QED) is 0.495. The number of amides is 1. The number of hydrogen-bond acceptors (Lipinski definition) is 7. The number of anilines is 1. The van der Waals surface area contributed by atoms with Crippen LogP contribution in [-0.4, -0.2) is 62.3 Å². The lowest BCUT2D eigenvalue weighted by atomic mass is 10.0. The van der Waals surface area contributed by atoms with Crippen molar-refractivity contribution in [1.82, 2.24) is 24.6 Å². The van der Waals surface area contributed by atoms with Gasteiger partial charge in [-0.25, -0.2) is 9.97 Å². The summed E-state index contributed by atoms with van der Waals surface area (Å²) in [4.78, 5) is 34.9. The molecular weight excluding hydrogens is 436 g/mol. The second-order valence-electron chi connectivity index (χ2n) is 8.25. The minimum absolute atomic E-state index is 0.248. The molecule has 10 heteroatoms. The molecule has 3 aromatic rings. The molecule has 0 spiro atoms. The molecular formula is C24H28N6O4. The Morgan fingerprint density at radius 3 is 2.85 bits per heavy atom. The average molecular weight is 465 g/mol. The first-order valence-electron chi connectivity index (χ1n) is 11.2. The molecule has 1 unspecified atom stereocenters. The number of methoxy groups -OCH3 is 1. The van der Waals surface area contributed by atoms with Gasteiger partial charge in [0, 0.05) is 50.7 Å². The molecule has 10 nitrogen and oxygen atoms in total. The number of hydrogen-bond donors (Lipinski definition) is 2. The van der Waals surface area contributed by atoms with Gasteiger partial charge in [-0.2, -0.15) is 5.10 Å². The summed E-state index contributed by atoms with van der Waals surface area (Å²) in [6.45, 7) is 1.51. The van der Waals surface area contributed by atoms with E-state index in [1.807, 2.05) is 6.07 Å². The third kappa shape index (κ3) is 5.33. The fourth-order valence-corrected chi connectivity index (χ4v) is 4.03. The van der Waals surface area contributed by atoms with Crippen molar-refractivity contribution >= 4 is 17.7 Å². The normalized spacial score (nSPS) is 13.5. The van der Waals surface area contributed by atoms with Gasteiger partial charge < -0.3 is 20.1 Å². The predicted molar refractivity (Wildman–Crippen MR) is 125 cm³/mol. The number of aromatic nitrogens is 4. The zero-order valence-corrected chi connectivity index (χ0v) is 19.3. The molecule has 1 amide bonds. The molecule has 1 aliphatic rings. The molecule has 0 fully saturated rings. The van der Waals surface area contributed by atoms with E-state index in [1.165, 1.54) is 30.0 Å². The number of rotatable bonds is 9. The first-order chi connectivity index (χ1) is 16.4. The highest BCUT2D eigenvalue weighted by Crippen LogP contribution is 2.26. The van der Waals surface area contributed by atoms with Crippen molar-refractivity contribution in [3.8, 4) is 5.88 Å². The van der Waals surface area contributed by atoms with E-state index in [4.69, 9.17) is 9.72 Å². The Hall–Kier alpha value is -3.95. The topological polar surface area (TPSA) is 122 Å². The van der Waals surface area contributed by atoms with Crippen LogP contribution in [0.4, 0.5) is 5.82 Å². The molecule has 3 aromatic heterocycles. The lowest BCUT2D eigenvalue weighted by molar-refractivity contribution is -0.138. The summed E-state index contributed by atoms with van der Waals surface area (Å²) in [5.41, 5.74) is 3.20. The molecule has 4 heterocycles. The highest BCUT2D eigenvalue weighted by Gasteiger charge is 2.26. The van der Waals surface area contributed by atoms with Crippen LogP contribution in [0.3, 0.4) is 0 Å². The summed E-state index contributed by atoms with van der Waals surface area (Å²) < 4.78 is 6.77. The van der Waals surface area contributed by atoms with Crippen molar-refractivity contribution < 1.29 is 19.4 Å². The largest absolute Gasteiger partial charge is 0.481 e. The maximum absolute atomic E-state index is 13.1. The molecule has 34 heavy (non-hydrogen) atoms. The van der Waals surface area contributed by atoms with Crippen molar-refractivity contribution in [2.75, 3.05) is 26.0 Å². The molecule has 0 saturated heterocycles. The Balaban J connectivity index is 1.43. The van der Waals surface area contributed by atoms with Crippen LogP contribution in [0.1, 0.15) is 46.1 Å². The first-order valence-corrected chi connectivity index (χ1v) is 11.2. The SMILES string of the molecule is COc1ccc(C(CC(=O)O)N(C)C(=O)c2cnn(CCc3ccc4c(n3)NCCC4)c2)cn1. The molecule has 0 aromatic carbocycles. The van der Waals surface area contributed by atoms with E-state index in [1.54, 1.807) is 30.1 Å². The standard InChI is InChI=1S/C24H28N6O4/c1-29(20(12-22(31)32)17-6-8-21(34-2)26-13-17)24(33)18-14-27-30(15-18)11-9-19-7-5-16-4-3-10-25-23(16)28-19/h5-8,13-15,20H,3-4,9-12H2,1-2H3,(H,25,28)(H,31,32). The lowest BCUT2D eigenvalue weighted by Gasteiger charge is -2.27. The third-order valence-corrected chi connectivity index (χ3v) is 5.94. The minimum Gasteiger partial charge on any atom is -0.481 e. The molecule has 4 rings (SSSR count). The number of aryl methyl sites for hydroxylation is 3. The van der Waals surface area contributed by atoms with Gasteiger partial charge in [-0.05, 0) is 30.0 Å². The number of carboxylic acids is 1. The number of nitrogens with one attached hydrogen (secondary N) is 1. The zero-order valence-electron chi connectivity index (χ0n) is 19.3. The van der Waals surface area contributed by atoms with E-state index in [0.717, 1.165) is 30.9 Å². The number of ether oxygens (including phenoxy) is 1. The number of carbonyl (C=O) groups excluding carboxylic acids is 1. The van der Waals surface area contributed by atoms with Crippen molar-refractivity contribution in [3.05, 3.63) is 65.2 Å². The summed E-state index contributed by atoms with van der Waals surface area (Å²) in [7, 11) is 3.09. The van der Waals surface area contributed by atoms with E-state index in [9.17, 15) is 14.7 Å². The molecule has 0 saturated carbocycles. The van der Waals surface area contributed by atoms with Crippen LogP contribution in [-0.2, 0) is 24.2 Å². The Morgan fingerprint density at radius 1 is 1.26 bits per heavy atom. The first kappa shape index (κ1) is 23.2. The monoisotopic (exact) mass is 464 g/mol. The molecule has 178 valence electrons. The highest BCUT2D eigenvalue weighted by atomic mass is 16.5. The average Bonchev–Trinajstić information content (AvgIpc) is 3.34. The second-order valence-corrected chi connectivity index (χ2v) is 8.25. The Kier molecular flexibility index (Phi) is 7.05. The van der Waals surface area contributed by atoms with Crippen molar-refractivity contribution in [3.63, 3.8) is 0 Å². The minimum atomic E-state index is -1.01. The van der Waals surface area contributed by atoms with Crippen LogP contribution >= 0.6 is 0 Å². The third-order valence-electron chi connectivity index (χ3n) is 5.94. The van der Waals surface area contributed by atoms with E-state index in [2.05, 4.69) is 21.5 Å². The Labute approximate surface area is 197 Å². The van der Waals surface area contributed by atoms with Gasteiger partial charge in [0.05, 0.1) is 31.3 Å². The molecule has 0 bridgehead atoms. The van der Waals surface area contributed by atoms with Gasteiger partial charge in [0.2, 0.25) is 5.88 Å². The summed E-state index contributed by atoms with van der Waals surface area (Å²) >= 11 is 0. The fourth-order valence-electron chi connectivity index (χ4n) is 4.03. The Morgan fingerprint density at radius 2 is 2.12 bits per heavy atom. The van der Waals surface area contributed by atoms with Crippen LogP contribution in [0.25, 0.3) is 0 Å². The van der Waals surface area contributed by atoms with Crippen molar-refractivity contribution in [2.24, 2.45) is 0 Å². The molecule has 1 aliphatic heterocycles. The molecule has 1 atom stereocenters. The molecule has 2 N–H and O–H groups in total. The predicted octanol–water partition coefficient (Wildman–Crippen LogP) is 2.57. The van der Waals surface area contributed by atoms with E-state index in [-0.39, 0.29) is 12.3 Å². The van der Waals surface area contributed by atoms with Crippen LogP contribution in [0.15, 0.2) is 42.9 Å².